The summed E-state index contributed by atoms with van der Waals surface area (Å²) in [5, 5.41) is 4.29. The van der Waals surface area contributed by atoms with Crippen LogP contribution in [0.1, 0.15) is 44.5 Å². The number of thioether (sulfide) groups is 1. The second-order valence-electron chi connectivity index (χ2n) is 6.91. The molecule has 0 aliphatic heterocycles. The van der Waals surface area contributed by atoms with E-state index in [0.29, 0.717) is 5.03 Å². The molecule has 2 amide bonds. The van der Waals surface area contributed by atoms with Crippen molar-refractivity contribution < 1.29 is 23.5 Å². The Bertz CT molecular complexity index is 1190. The normalized spacial score (nSPS) is 10.8. The van der Waals surface area contributed by atoms with Gasteiger partial charge in [-0.1, -0.05) is 30.0 Å². The van der Waals surface area contributed by atoms with Crippen molar-refractivity contribution in [2.75, 3.05) is 17.7 Å². The number of fused-ring (bicyclic) bond motifs is 1. The van der Waals surface area contributed by atoms with E-state index in [1.807, 2.05) is 38.1 Å². The van der Waals surface area contributed by atoms with Gasteiger partial charge < -0.3 is 14.9 Å². The number of primary amides is 1. The van der Waals surface area contributed by atoms with Crippen LogP contribution < -0.4 is 11.1 Å². The fourth-order valence-electron chi connectivity index (χ4n) is 3.22. The van der Waals surface area contributed by atoms with Crippen LogP contribution in [0.3, 0.4) is 0 Å². The van der Waals surface area contributed by atoms with Crippen LogP contribution in [0.4, 0.5) is 5.88 Å². The first-order chi connectivity index (χ1) is 14.7. The van der Waals surface area contributed by atoms with Crippen molar-refractivity contribution >= 4 is 46.3 Å². The van der Waals surface area contributed by atoms with Crippen LogP contribution in [0.25, 0.3) is 10.9 Å². The number of nitrogens with one attached hydrogen (secondary N) is 1. The smallest absolute Gasteiger partial charge is 0.342 e. The molecular formula is C22H23N3O5S. The van der Waals surface area contributed by atoms with Crippen LogP contribution in [0.5, 0.6) is 0 Å². The maximum absolute atomic E-state index is 12.5. The zero-order chi connectivity index (χ0) is 22.7. The number of carbonyl (C=O) groups is 3. The van der Waals surface area contributed by atoms with Crippen LogP contribution in [-0.2, 0) is 9.53 Å². The molecule has 0 aliphatic rings. The molecule has 2 aromatic heterocycles. The van der Waals surface area contributed by atoms with Crippen molar-refractivity contribution in [1.82, 2.24) is 4.98 Å². The van der Waals surface area contributed by atoms with E-state index >= 15 is 0 Å². The lowest BCUT2D eigenvalue weighted by atomic mass is 10.1. The summed E-state index contributed by atoms with van der Waals surface area (Å²) in [7, 11) is 0. The highest BCUT2D eigenvalue weighted by molar-refractivity contribution is 7.99. The summed E-state index contributed by atoms with van der Waals surface area (Å²) in [6, 6.07) is 7.91. The van der Waals surface area contributed by atoms with Gasteiger partial charge in [0.25, 0.3) is 5.91 Å². The minimum atomic E-state index is -0.898. The Balaban J connectivity index is 1.78. The number of amides is 2. The number of anilines is 1. The molecule has 162 valence electrons. The third-order valence-electron chi connectivity index (χ3n) is 4.64. The number of aromatic nitrogens is 1. The second kappa shape index (κ2) is 9.22. The SMILES string of the molecule is CCOC(=O)c1c(C)oc(NC(=O)CSc2cc(C)c3cccc(C)c3n2)c1C(N)=O. The van der Waals surface area contributed by atoms with Gasteiger partial charge in [0.1, 0.15) is 16.9 Å². The number of para-hydroxylation sites is 1. The first-order valence-corrected chi connectivity index (χ1v) is 10.6. The lowest BCUT2D eigenvalue weighted by Crippen LogP contribution is -2.21. The predicted molar refractivity (Wildman–Crippen MR) is 118 cm³/mol. The number of carbonyl (C=O) groups excluding carboxylic acids is 3. The number of hydrogen-bond acceptors (Lipinski definition) is 7. The lowest BCUT2D eigenvalue weighted by molar-refractivity contribution is -0.113. The number of benzene rings is 1. The molecule has 3 aromatic rings. The van der Waals surface area contributed by atoms with E-state index in [4.69, 9.17) is 14.9 Å². The van der Waals surface area contributed by atoms with Gasteiger partial charge in [-0.3, -0.25) is 14.9 Å². The van der Waals surface area contributed by atoms with Crippen molar-refractivity contribution in [3.05, 3.63) is 52.3 Å². The highest BCUT2D eigenvalue weighted by Crippen LogP contribution is 2.29. The van der Waals surface area contributed by atoms with E-state index in [-0.39, 0.29) is 35.1 Å². The number of rotatable bonds is 7. The van der Waals surface area contributed by atoms with E-state index < -0.39 is 17.8 Å². The fraction of sp³-hybridized carbons (Fsp3) is 0.273. The van der Waals surface area contributed by atoms with Gasteiger partial charge in [-0.2, -0.15) is 0 Å². The van der Waals surface area contributed by atoms with Crippen molar-refractivity contribution in [1.29, 1.82) is 0 Å². The molecular weight excluding hydrogens is 418 g/mol. The Kier molecular flexibility index (Phi) is 6.65. The third kappa shape index (κ3) is 4.72. The number of nitrogens with zero attached hydrogens (tertiary/aromatic N) is 1. The summed E-state index contributed by atoms with van der Waals surface area (Å²) in [5.41, 5.74) is 8.13. The average Bonchev–Trinajstić information content (AvgIpc) is 3.03. The Hall–Kier alpha value is -3.33. The number of pyridine rings is 1. The quantitative estimate of drug-likeness (QED) is 0.422. The molecule has 0 unspecified atom stereocenters. The van der Waals surface area contributed by atoms with E-state index in [0.717, 1.165) is 22.0 Å². The first-order valence-electron chi connectivity index (χ1n) is 9.62. The largest absolute Gasteiger partial charge is 0.462 e. The molecule has 0 fully saturated rings. The molecule has 0 saturated carbocycles. The molecule has 8 nitrogen and oxygen atoms in total. The molecule has 0 aliphatic carbocycles. The Morgan fingerprint density at radius 2 is 1.90 bits per heavy atom. The van der Waals surface area contributed by atoms with Gasteiger partial charge in [0, 0.05) is 5.39 Å². The second-order valence-corrected chi connectivity index (χ2v) is 7.90. The Labute approximate surface area is 183 Å². The van der Waals surface area contributed by atoms with Crippen molar-refractivity contribution in [2.24, 2.45) is 5.73 Å². The molecule has 31 heavy (non-hydrogen) atoms. The first kappa shape index (κ1) is 22.4. The summed E-state index contributed by atoms with van der Waals surface area (Å²) in [4.78, 5) is 41.2. The lowest BCUT2D eigenvalue weighted by Gasteiger charge is -2.08. The number of nitrogens with two attached hydrogens (primary N) is 1. The minimum Gasteiger partial charge on any atom is -0.462 e. The standard InChI is InChI=1S/C22H23N3O5S/c1-5-29-22(28)17-13(4)30-21(18(17)20(23)27)24-15(26)10-31-16-9-12(3)14-8-6-7-11(2)19(14)25-16/h6-9H,5,10H2,1-4H3,(H2,23,27)(H,24,26). The minimum absolute atomic E-state index is 0.0243. The summed E-state index contributed by atoms with van der Waals surface area (Å²) in [5.74, 6) is -2.07. The van der Waals surface area contributed by atoms with E-state index in [2.05, 4.69) is 10.3 Å². The van der Waals surface area contributed by atoms with Gasteiger partial charge in [-0.05, 0) is 44.9 Å². The van der Waals surface area contributed by atoms with Gasteiger partial charge >= 0.3 is 5.97 Å². The molecule has 3 N–H and O–H groups in total. The van der Waals surface area contributed by atoms with Gasteiger partial charge in [-0.25, -0.2) is 9.78 Å². The molecule has 0 saturated heterocycles. The van der Waals surface area contributed by atoms with Crippen molar-refractivity contribution in [3.8, 4) is 0 Å². The summed E-state index contributed by atoms with van der Waals surface area (Å²) >= 11 is 1.25. The predicted octanol–water partition coefficient (Wildman–Crippen LogP) is 3.76. The van der Waals surface area contributed by atoms with Crippen LogP contribution in [-0.4, -0.2) is 35.1 Å². The zero-order valence-corrected chi connectivity index (χ0v) is 18.5. The number of hydrogen-bond donors (Lipinski definition) is 2. The fourth-order valence-corrected chi connectivity index (χ4v) is 3.99. The summed E-state index contributed by atoms with van der Waals surface area (Å²) in [6.07, 6.45) is 0. The molecule has 1 aromatic carbocycles. The van der Waals surface area contributed by atoms with Crippen LogP contribution in [0.15, 0.2) is 33.7 Å². The summed E-state index contributed by atoms with van der Waals surface area (Å²) < 4.78 is 10.4. The van der Waals surface area contributed by atoms with E-state index in [1.165, 1.54) is 18.7 Å². The average molecular weight is 442 g/mol. The molecule has 3 rings (SSSR count). The van der Waals surface area contributed by atoms with Gasteiger partial charge in [-0.15, -0.1) is 0 Å². The Morgan fingerprint density at radius 3 is 2.58 bits per heavy atom. The topological polar surface area (TPSA) is 125 Å². The Morgan fingerprint density at radius 1 is 1.16 bits per heavy atom. The van der Waals surface area contributed by atoms with Gasteiger partial charge in [0.15, 0.2) is 0 Å². The van der Waals surface area contributed by atoms with Crippen LogP contribution >= 0.6 is 11.8 Å². The monoisotopic (exact) mass is 441 g/mol. The highest BCUT2D eigenvalue weighted by Gasteiger charge is 2.29. The maximum Gasteiger partial charge on any atom is 0.342 e. The molecule has 0 bridgehead atoms. The zero-order valence-electron chi connectivity index (χ0n) is 17.7. The number of furan rings is 1. The number of esters is 1. The highest BCUT2D eigenvalue weighted by atomic mass is 32.2. The van der Waals surface area contributed by atoms with E-state index in [1.54, 1.807) is 6.92 Å². The maximum atomic E-state index is 12.5. The van der Waals surface area contributed by atoms with Crippen molar-refractivity contribution in [3.63, 3.8) is 0 Å². The number of aryl methyl sites for hydroxylation is 3. The molecule has 0 atom stereocenters. The van der Waals surface area contributed by atoms with Crippen molar-refractivity contribution in [2.45, 2.75) is 32.7 Å². The van der Waals surface area contributed by atoms with Crippen LogP contribution in [0, 0.1) is 20.8 Å². The molecule has 0 radical (unpaired) electrons. The van der Waals surface area contributed by atoms with Gasteiger partial charge in [0.05, 0.1) is 22.9 Å². The van der Waals surface area contributed by atoms with Crippen LogP contribution in [0.2, 0.25) is 0 Å². The number of ether oxygens (including phenoxy) is 1. The molecule has 9 heteroatoms. The third-order valence-corrected chi connectivity index (χ3v) is 5.55. The molecule has 2 heterocycles. The van der Waals surface area contributed by atoms with E-state index in [9.17, 15) is 14.4 Å². The van der Waals surface area contributed by atoms with Gasteiger partial charge in [0.2, 0.25) is 11.8 Å². The summed E-state index contributed by atoms with van der Waals surface area (Å²) in [6.45, 7) is 7.24. The molecule has 0 spiro atoms.